The van der Waals surface area contributed by atoms with Crippen molar-refractivity contribution in [1.29, 1.82) is 0 Å². The monoisotopic (exact) mass is 359 g/mol. The predicted octanol–water partition coefficient (Wildman–Crippen LogP) is 4.35. The van der Waals surface area contributed by atoms with Crippen molar-refractivity contribution < 1.29 is 9.13 Å². The Kier molecular flexibility index (Phi) is 4.85. The summed E-state index contributed by atoms with van der Waals surface area (Å²) in [6.45, 7) is 0. The maximum atomic E-state index is 13.2. The summed E-state index contributed by atoms with van der Waals surface area (Å²) in [6, 6.07) is 11.6. The van der Waals surface area contributed by atoms with Crippen LogP contribution in [0.25, 0.3) is 0 Å². The third-order valence-electron chi connectivity index (χ3n) is 3.42. The van der Waals surface area contributed by atoms with Gasteiger partial charge in [0.25, 0.3) is 0 Å². The molecular weight excluding hydrogens is 345 g/mol. The van der Waals surface area contributed by atoms with Crippen molar-refractivity contribution in [3.63, 3.8) is 0 Å². The highest BCUT2D eigenvalue weighted by molar-refractivity contribution is 6.31. The summed E-state index contributed by atoms with van der Waals surface area (Å²) in [5.41, 5.74) is 7.80. The minimum atomic E-state index is -0.496. The lowest BCUT2D eigenvalue weighted by Crippen LogP contribution is -2.05. The molecule has 4 N–H and O–H groups in total. The average Bonchev–Trinajstić information content (AvgIpc) is 2.62. The molecule has 128 valence electrons. The summed E-state index contributed by atoms with van der Waals surface area (Å²) in [6.07, 6.45) is 1.37. The van der Waals surface area contributed by atoms with Gasteiger partial charge >= 0.3 is 0 Å². The van der Waals surface area contributed by atoms with E-state index in [1.165, 1.54) is 18.5 Å². The van der Waals surface area contributed by atoms with Gasteiger partial charge in [-0.2, -0.15) is 0 Å². The number of nitrogen functional groups attached to an aromatic ring is 1. The van der Waals surface area contributed by atoms with Gasteiger partial charge in [0.2, 0.25) is 0 Å². The Labute approximate surface area is 148 Å². The molecule has 2 aromatic carbocycles. The number of ether oxygens (including phenoxy) is 1. The highest BCUT2D eigenvalue weighted by Crippen LogP contribution is 2.29. The van der Waals surface area contributed by atoms with Crippen LogP contribution in [0.4, 0.5) is 33.1 Å². The van der Waals surface area contributed by atoms with Gasteiger partial charge in [0.1, 0.15) is 23.6 Å². The number of rotatable bonds is 5. The lowest BCUT2D eigenvalue weighted by molar-refractivity contribution is 0.415. The third kappa shape index (κ3) is 3.89. The Hall–Kier alpha value is -3.06. The average molecular weight is 360 g/mol. The van der Waals surface area contributed by atoms with Crippen molar-refractivity contribution in [3.8, 4) is 5.75 Å². The molecule has 8 heteroatoms. The van der Waals surface area contributed by atoms with E-state index in [2.05, 4.69) is 20.6 Å². The molecule has 0 aliphatic carbocycles. The van der Waals surface area contributed by atoms with Gasteiger partial charge in [-0.3, -0.25) is 0 Å². The van der Waals surface area contributed by atoms with Gasteiger partial charge in [0.05, 0.1) is 12.1 Å². The van der Waals surface area contributed by atoms with E-state index in [4.69, 9.17) is 22.1 Å². The third-order valence-corrected chi connectivity index (χ3v) is 3.71. The van der Waals surface area contributed by atoms with Crippen molar-refractivity contribution in [2.24, 2.45) is 0 Å². The van der Waals surface area contributed by atoms with Gasteiger partial charge in [-0.15, -0.1) is 0 Å². The van der Waals surface area contributed by atoms with E-state index < -0.39 is 5.82 Å². The smallest absolute Gasteiger partial charge is 0.159 e. The van der Waals surface area contributed by atoms with Gasteiger partial charge in [-0.1, -0.05) is 11.6 Å². The molecule has 0 atom stereocenters. The molecule has 3 rings (SSSR count). The number of nitrogens with zero attached hydrogens (tertiary/aromatic N) is 2. The summed E-state index contributed by atoms with van der Waals surface area (Å²) < 4.78 is 18.4. The standard InChI is InChI=1S/C17H15ClFN5O/c1-25-12-5-2-10(3-6-12)23-16-15(20)17(22-9-21-16)24-11-4-7-14(19)13(18)8-11/h2-9H,20H2,1H3,(H2,21,22,23,24). The second-order valence-electron chi connectivity index (χ2n) is 5.09. The number of anilines is 5. The molecule has 1 heterocycles. The molecule has 0 spiro atoms. The SMILES string of the molecule is COc1ccc(Nc2ncnc(Nc3ccc(F)c(Cl)c3)c2N)cc1. The summed E-state index contributed by atoms with van der Waals surface area (Å²) in [7, 11) is 1.60. The van der Waals surface area contributed by atoms with E-state index in [1.54, 1.807) is 13.2 Å². The van der Waals surface area contributed by atoms with E-state index in [0.717, 1.165) is 11.4 Å². The van der Waals surface area contributed by atoms with Crippen LogP contribution in [0.15, 0.2) is 48.8 Å². The Balaban J connectivity index is 1.82. The van der Waals surface area contributed by atoms with Gasteiger partial charge in [-0.25, -0.2) is 14.4 Å². The van der Waals surface area contributed by atoms with Crippen LogP contribution in [0, 0.1) is 5.82 Å². The summed E-state index contributed by atoms with van der Waals surface area (Å²) in [5.74, 6) is 1.08. The number of aromatic nitrogens is 2. The van der Waals surface area contributed by atoms with Gasteiger partial charge in [0.15, 0.2) is 11.6 Å². The van der Waals surface area contributed by atoms with Crippen LogP contribution >= 0.6 is 11.6 Å². The summed E-state index contributed by atoms with van der Waals surface area (Å²) >= 11 is 5.78. The van der Waals surface area contributed by atoms with Crippen LogP contribution in [0.1, 0.15) is 0 Å². The van der Waals surface area contributed by atoms with E-state index in [1.807, 2.05) is 24.3 Å². The molecule has 0 amide bonds. The quantitative estimate of drug-likeness (QED) is 0.628. The molecule has 0 saturated carbocycles. The first-order valence-corrected chi connectivity index (χ1v) is 7.68. The van der Waals surface area contributed by atoms with Crippen LogP contribution < -0.4 is 21.1 Å². The molecule has 25 heavy (non-hydrogen) atoms. The molecule has 0 radical (unpaired) electrons. The van der Waals surface area contributed by atoms with E-state index in [9.17, 15) is 4.39 Å². The lowest BCUT2D eigenvalue weighted by Gasteiger charge is -2.13. The number of nitrogens with two attached hydrogens (primary N) is 1. The minimum absolute atomic E-state index is 0.00853. The zero-order valence-electron chi connectivity index (χ0n) is 13.3. The zero-order valence-corrected chi connectivity index (χ0v) is 14.0. The van der Waals surface area contributed by atoms with E-state index in [-0.39, 0.29) is 5.02 Å². The fourth-order valence-electron chi connectivity index (χ4n) is 2.12. The molecule has 3 aromatic rings. The van der Waals surface area contributed by atoms with Gasteiger partial charge in [-0.05, 0) is 42.5 Å². The predicted molar refractivity (Wildman–Crippen MR) is 97.4 cm³/mol. The van der Waals surface area contributed by atoms with Crippen LogP contribution in [0.2, 0.25) is 5.02 Å². The second kappa shape index (κ2) is 7.23. The molecular formula is C17H15ClFN5O. The van der Waals surface area contributed by atoms with Crippen LogP contribution in [0.5, 0.6) is 5.75 Å². The lowest BCUT2D eigenvalue weighted by atomic mass is 10.3. The first-order valence-electron chi connectivity index (χ1n) is 7.30. The van der Waals surface area contributed by atoms with Crippen molar-refractivity contribution >= 4 is 40.3 Å². The maximum absolute atomic E-state index is 13.2. The summed E-state index contributed by atoms with van der Waals surface area (Å²) in [5, 5.41) is 6.12. The van der Waals surface area contributed by atoms with Crippen molar-refractivity contribution in [2.45, 2.75) is 0 Å². The molecule has 0 bridgehead atoms. The van der Waals surface area contributed by atoms with Crippen molar-refractivity contribution in [3.05, 3.63) is 59.6 Å². The fraction of sp³-hybridized carbons (Fsp3) is 0.0588. The normalized spacial score (nSPS) is 10.4. The van der Waals surface area contributed by atoms with Gasteiger partial charge in [0, 0.05) is 11.4 Å². The Bertz CT molecular complexity index is 889. The number of halogens is 2. The van der Waals surface area contributed by atoms with Crippen LogP contribution in [0.3, 0.4) is 0 Å². The Morgan fingerprint density at radius 2 is 1.60 bits per heavy atom. The molecule has 0 saturated heterocycles. The number of hydrogen-bond donors (Lipinski definition) is 3. The maximum Gasteiger partial charge on any atom is 0.159 e. The molecule has 1 aromatic heterocycles. The number of methoxy groups -OCH3 is 1. The molecule has 0 aliphatic heterocycles. The number of benzene rings is 2. The topological polar surface area (TPSA) is 85.1 Å². The van der Waals surface area contributed by atoms with E-state index >= 15 is 0 Å². The first-order chi connectivity index (χ1) is 12.1. The van der Waals surface area contributed by atoms with Crippen molar-refractivity contribution in [2.75, 3.05) is 23.5 Å². The Morgan fingerprint density at radius 3 is 2.20 bits per heavy atom. The van der Waals surface area contributed by atoms with Crippen LogP contribution in [-0.4, -0.2) is 17.1 Å². The minimum Gasteiger partial charge on any atom is -0.497 e. The highest BCUT2D eigenvalue weighted by Gasteiger charge is 2.10. The summed E-state index contributed by atoms with van der Waals surface area (Å²) in [4.78, 5) is 8.26. The number of hydrogen-bond acceptors (Lipinski definition) is 6. The van der Waals surface area contributed by atoms with Crippen molar-refractivity contribution in [1.82, 2.24) is 9.97 Å². The highest BCUT2D eigenvalue weighted by atomic mass is 35.5. The molecule has 6 nitrogen and oxygen atoms in total. The molecule has 0 aliphatic rings. The zero-order chi connectivity index (χ0) is 17.8. The fourth-order valence-corrected chi connectivity index (χ4v) is 2.30. The largest absolute Gasteiger partial charge is 0.497 e. The van der Waals surface area contributed by atoms with Gasteiger partial charge < -0.3 is 21.1 Å². The first kappa shape index (κ1) is 16.8. The van der Waals surface area contributed by atoms with E-state index in [0.29, 0.717) is 23.0 Å². The van der Waals surface area contributed by atoms with Crippen LogP contribution in [-0.2, 0) is 0 Å². The second-order valence-corrected chi connectivity index (χ2v) is 5.50. The Morgan fingerprint density at radius 1 is 1.00 bits per heavy atom. The number of nitrogens with one attached hydrogen (secondary N) is 2. The molecule has 0 unspecified atom stereocenters. The molecule has 0 fully saturated rings.